The standard InChI is InChI=1S/C17H29N3O2S.ClH/c1-17(2,3)16(22)20-11-23-10-14(20)15(21)19-6-4-12-8-18-9-13(12)5-7-19;/h12-14,18H,4-11H2,1-3H3;1H/t12-,13+,14?;. The van der Waals surface area contributed by atoms with Crippen molar-refractivity contribution in [1.82, 2.24) is 15.1 Å². The van der Waals surface area contributed by atoms with E-state index in [1.54, 1.807) is 16.7 Å². The molecule has 2 amide bonds. The van der Waals surface area contributed by atoms with Crippen molar-refractivity contribution in [2.24, 2.45) is 17.3 Å². The molecule has 3 fully saturated rings. The summed E-state index contributed by atoms with van der Waals surface area (Å²) in [5, 5.41) is 3.47. The van der Waals surface area contributed by atoms with Crippen LogP contribution in [0.25, 0.3) is 0 Å². The van der Waals surface area contributed by atoms with Gasteiger partial charge in [0.05, 0.1) is 5.88 Å². The first-order valence-corrected chi connectivity index (χ1v) is 9.91. The Hall–Kier alpha value is -0.460. The van der Waals surface area contributed by atoms with Gasteiger partial charge in [0.2, 0.25) is 11.8 Å². The Labute approximate surface area is 155 Å². The third-order valence-corrected chi connectivity index (χ3v) is 6.41. The summed E-state index contributed by atoms with van der Waals surface area (Å²) in [5.41, 5.74) is -0.426. The molecule has 0 saturated carbocycles. The Morgan fingerprint density at radius 3 is 2.21 bits per heavy atom. The van der Waals surface area contributed by atoms with Gasteiger partial charge < -0.3 is 15.1 Å². The number of nitrogens with zero attached hydrogens (tertiary/aromatic N) is 2. The van der Waals surface area contributed by atoms with E-state index in [0.717, 1.165) is 56.6 Å². The van der Waals surface area contributed by atoms with Gasteiger partial charge >= 0.3 is 0 Å². The van der Waals surface area contributed by atoms with E-state index in [9.17, 15) is 9.59 Å². The van der Waals surface area contributed by atoms with Gasteiger partial charge in [-0.15, -0.1) is 24.2 Å². The Kier molecular flexibility index (Phi) is 6.48. The van der Waals surface area contributed by atoms with E-state index in [-0.39, 0.29) is 30.3 Å². The lowest BCUT2D eigenvalue weighted by Gasteiger charge is -2.32. The van der Waals surface area contributed by atoms with Crippen LogP contribution in [-0.2, 0) is 9.59 Å². The van der Waals surface area contributed by atoms with Gasteiger partial charge in [0, 0.05) is 24.3 Å². The zero-order valence-electron chi connectivity index (χ0n) is 14.9. The van der Waals surface area contributed by atoms with Crippen LogP contribution in [0.1, 0.15) is 33.6 Å². The number of carbonyl (C=O) groups is 2. The van der Waals surface area contributed by atoms with Gasteiger partial charge in [0.15, 0.2) is 0 Å². The summed E-state index contributed by atoms with van der Waals surface area (Å²) in [6.07, 6.45) is 2.19. The van der Waals surface area contributed by atoms with E-state index in [0.29, 0.717) is 5.88 Å². The molecule has 0 bridgehead atoms. The summed E-state index contributed by atoms with van der Waals surface area (Å²) in [6, 6.07) is -0.261. The number of carbonyl (C=O) groups excluding carboxylic acids is 2. The van der Waals surface area contributed by atoms with Crippen molar-refractivity contribution in [3.8, 4) is 0 Å². The third-order valence-electron chi connectivity index (χ3n) is 5.40. The molecule has 0 aromatic heterocycles. The van der Waals surface area contributed by atoms with Crippen LogP contribution < -0.4 is 5.32 Å². The molecule has 3 saturated heterocycles. The molecule has 5 nitrogen and oxygen atoms in total. The average molecular weight is 376 g/mol. The fourth-order valence-electron chi connectivity index (χ4n) is 3.93. The van der Waals surface area contributed by atoms with Gasteiger partial charge in [-0.3, -0.25) is 9.59 Å². The van der Waals surface area contributed by atoms with Crippen LogP contribution >= 0.6 is 24.2 Å². The topological polar surface area (TPSA) is 52.7 Å². The minimum absolute atomic E-state index is 0. The minimum atomic E-state index is -0.426. The van der Waals surface area contributed by atoms with E-state index < -0.39 is 5.41 Å². The van der Waals surface area contributed by atoms with Gasteiger partial charge in [-0.2, -0.15) is 0 Å². The van der Waals surface area contributed by atoms with Crippen LogP contribution in [0.2, 0.25) is 0 Å². The highest BCUT2D eigenvalue weighted by molar-refractivity contribution is 7.99. The van der Waals surface area contributed by atoms with Gasteiger partial charge in [-0.05, 0) is 37.8 Å². The molecule has 3 aliphatic rings. The second kappa shape index (κ2) is 7.83. The molecule has 7 heteroatoms. The Balaban J connectivity index is 0.00000208. The molecular weight excluding hydrogens is 346 g/mol. The van der Waals surface area contributed by atoms with Crippen LogP contribution in [0.15, 0.2) is 0 Å². The van der Waals surface area contributed by atoms with Crippen molar-refractivity contribution in [1.29, 1.82) is 0 Å². The number of thioether (sulfide) groups is 1. The average Bonchev–Trinajstić information content (AvgIpc) is 3.10. The number of hydrogen-bond donors (Lipinski definition) is 1. The van der Waals surface area contributed by atoms with Crippen molar-refractivity contribution >= 4 is 36.0 Å². The summed E-state index contributed by atoms with van der Waals surface area (Å²) in [5.74, 6) is 3.09. The molecule has 3 heterocycles. The van der Waals surface area contributed by atoms with Gasteiger partial charge in [0.1, 0.15) is 6.04 Å². The molecule has 3 atom stereocenters. The highest BCUT2D eigenvalue weighted by Crippen LogP contribution is 2.31. The number of rotatable bonds is 1. The maximum atomic E-state index is 13.0. The van der Waals surface area contributed by atoms with Crippen molar-refractivity contribution < 1.29 is 9.59 Å². The minimum Gasteiger partial charge on any atom is -0.341 e. The first-order valence-electron chi connectivity index (χ1n) is 8.76. The summed E-state index contributed by atoms with van der Waals surface area (Å²) >= 11 is 1.70. The molecule has 0 aromatic carbocycles. The Morgan fingerprint density at radius 2 is 1.67 bits per heavy atom. The molecule has 0 aliphatic carbocycles. The molecule has 1 N–H and O–H groups in total. The lowest BCUT2D eigenvalue weighted by Crippen LogP contribution is -2.51. The Morgan fingerprint density at radius 1 is 1.08 bits per heavy atom. The summed E-state index contributed by atoms with van der Waals surface area (Å²) in [6.45, 7) is 9.68. The van der Waals surface area contributed by atoms with Crippen LogP contribution in [0.3, 0.4) is 0 Å². The first-order chi connectivity index (χ1) is 10.9. The second-order valence-corrected chi connectivity index (χ2v) is 9.12. The molecule has 0 aromatic rings. The van der Waals surface area contributed by atoms with E-state index in [1.165, 1.54) is 0 Å². The highest BCUT2D eigenvalue weighted by Gasteiger charge is 2.41. The van der Waals surface area contributed by atoms with Crippen LogP contribution in [0.4, 0.5) is 0 Å². The molecule has 1 unspecified atom stereocenters. The Bertz CT molecular complexity index is 469. The first kappa shape index (κ1) is 19.9. The van der Waals surface area contributed by atoms with Gasteiger partial charge in [0.25, 0.3) is 0 Å². The van der Waals surface area contributed by atoms with Crippen LogP contribution in [0.5, 0.6) is 0 Å². The molecule has 0 spiro atoms. The smallest absolute Gasteiger partial charge is 0.246 e. The number of nitrogens with one attached hydrogen (secondary N) is 1. The zero-order chi connectivity index (χ0) is 16.6. The predicted octanol–water partition coefficient (Wildman–Crippen LogP) is 1.81. The second-order valence-electron chi connectivity index (χ2n) is 8.12. The number of amides is 2. The van der Waals surface area contributed by atoms with E-state index in [4.69, 9.17) is 0 Å². The predicted molar refractivity (Wildman–Crippen MR) is 100 cm³/mol. The zero-order valence-corrected chi connectivity index (χ0v) is 16.5. The third kappa shape index (κ3) is 4.02. The summed E-state index contributed by atoms with van der Waals surface area (Å²) in [4.78, 5) is 29.5. The fraction of sp³-hybridized carbons (Fsp3) is 0.882. The van der Waals surface area contributed by atoms with Crippen LogP contribution in [-0.4, -0.2) is 65.5 Å². The summed E-state index contributed by atoms with van der Waals surface area (Å²) < 4.78 is 0. The molecule has 0 radical (unpaired) electrons. The van der Waals surface area contributed by atoms with E-state index >= 15 is 0 Å². The molecule has 3 aliphatic heterocycles. The molecule has 3 rings (SSSR count). The van der Waals surface area contributed by atoms with E-state index in [2.05, 4.69) is 5.32 Å². The van der Waals surface area contributed by atoms with Gasteiger partial charge in [-0.1, -0.05) is 20.8 Å². The van der Waals surface area contributed by atoms with E-state index in [1.807, 2.05) is 25.7 Å². The monoisotopic (exact) mass is 375 g/mol. The SMILES string of the molecule is CC(C)(C)C(=O)N1CSCC1C(=O)N1CC[C@@H]2CNC[C@@H]2CC1.Cl. The number of hydrogen-bond acceptors (Lipinski definition) is 4. The van der Waals surface area contributed by atoms with Crippen molar-refractivity contribution in [3.05, 3.63) is 0 Å². The maximum Gasteiger partial charge on any atom is 0.246 e. The van der Waals surface area contributed by atoms with Crippen molar-refractivity contribution in [3.63, 3.8) is 0 Å². The normalized spacial score (nSPS) is 30.5. The molecule has 138 valence electrons. The van der Waals surface area contributed by atoms with Crippen molar-refractivity contribution in [2.75, 3.05) is 37.8 Å². The number of likely N-dealkylation sites (tertiary alicyclic amines) is 1. The van der Waals surface area contributed by atoms with Crippen molar-refractivity contribution in [2.45, 2.75) is 39.7 Å². The van der Waals surface area contributed by atoms with Crippen LogP contribution in [0, 0.1) is 17.3 Å². The van der Waals surface area contributed by atoms with Gasteiger partial charge in [-0.25, -0.2) is 0 Å². The summed E-state index contributed by atoms with van der Waals surface area (Å²) in [7, 11) is 0. The molecular formula is C17H30ClN3O2S. The lowest BCUT2D eigenvalue weighted by atomic mass is 9.92. The number of halogens is 1. The number of fused-ring (bicyclic) bond motifs is 1. The fourth-order valence-corrected chi connectivity index (χ4v) is 5.07. The maximum absolute atomic E-state index is 13.0. The molecule has 24 heavy (non-hydrogen) atoms. The highest BCUT2D eigenvalue weighted by atomic mass is 35.5. The largest absolute Gasteiger partial charge is 0.341 e. The lowest BCUT2D eigenvalue weighted by molar-refractivity contribution is -0.147. The quantitative estimate of drug-likeness (QED) is 0.759.